The van der Waals surface area contributed by atoms with Gasteiger partial charge in [0.25, 0.3) is 0 Å². The molecule has 0 aliphatic carbocycles. The molecule has 28 heavy (non-hydrogen) atoms. The van der Waals surface area contributed by atoms with Crippen LogP contribution in [0.4, 0.5) is 13.2 Å². The van der Waals surface area contributed by atoms with E-state index in [0.717, 1.165) is 44.1 Å². The van der Waals surface area contributed by atoms with Gasteiger partial charge in [0.2, 0.25) is 0 Å². The van der Waals surface area contributed by atoms with E-state index >= 15 is 0 Å². The third-order valence-corrected chi connectivity index (χ3v) is 5.88. The van der Waals surface area contributed by atoms with Gasteiger partial charge in [0.05, 0.1) is 11.8 Å². The maximum absolute atomic E-state index is 13.1. The third kappa shape index (κ3) is 4.24. The minimum atomic E-state index is -4.31. The molecule has 152 valence electrons. The zero-order valence-corrected chi connectivity index (χ0v) is 15.9. The van der Waals surface area contributed by atoms with E-state index in [1.165, 1.54) is 17.7 Å². The second kappa shape index (κ2) is 7.85. The number of alkyl halides is 3. The number of hydrogen-bond donors (Lipinski definition) is 2. The van der Waals surface area contributed by atoms with Crippen LogP contribution >= 0.6 is 0 Å². The number of rotatable bonds is 4. The molecule has 2 aliphatic rings. The Morgan fingerprint density at radius 2 is 2.14 bits per heavy atom. The predicted molar refractivity (Wildman–Crippen MR) is 100 cm³/mol. The maximum Gasteiger partial charge on any atom is 0.416 e. The van der Waals surface area contributed by atoms with E-state index in [4.69, 9.17) is 0 Å². The lowest BCUT2D eigenvalue weighted by molar-refractivity contribution is -0.137. The minimum Gasteiger partial charge on any atom is -0.299 e. The first kappa shape index (κ1) is 19.4. The first-order chi connectivity index (χ1) is 13.4. The first-order valence-electron chi connectivity index (χ1n) is 9.75. The van der Waals surface area contributed by atoms with E-state index in [1.54, 1.807) is 0 Å². The van der Waals surface area contributed by atoms with Gasteiger partial charge in [0, 0.05) is 50.4 Å². The fourth-order valence-corrected chi connectivity index (χ4v) is 4.57. The normalized spacial score (nSPS) is 26.6. The molecular formula is C20H26F3N5. The Labute approximate surface area is 162 Å². The van der Waals surface area contributed by atoms with Gasteiger partial charge in [-0.3, -0.25) is 20.4 Å². The maximum atomic E-state index is 13.1. The second-order valence-corrected chi connectivity index (χ2v) is 7.94. The summed E-state index contributed by atoms with van der Waals surface area (Å²) in [6, 6.07) is 5.91. The van der Waals surface area contributed by atoms with Crippen LogP contribution in [0.25, 0.3) is 0 Å². The molecule has 2 saturated heterocycles. The Morgan fingerprint density at radius 1 is 1.29 bits per heavy atom. The van der Waals surface area contributed by atoms with Crippen LogP contribution in [0, 0.1) is 5.92 Å². The highest BCUT2D eigenvalue weighted by molar-refractivity contribution is 5.30. The van der Waals surface area contributed by atoms with E-state index in [9.17, 15) is 13.2 Å². The fourth-order valence-electron chi connectivity index (χ4n) is 4.57. The molecule has 3 unspecified atom stereocenters. The minimum absolute atomic E-state index is 0.0330. The number of nitrogens with zero attached hydrogens (tertiary/aromatic N) is 3. The van der Waals surface area contributed by atoms with Crippen LogP contribution in [-0.4, -0.2) is 40.4 Å². The van der Waals surface area contributed by atoms with Gasteiger partial charge in [-0.2, -0.15) is 18.3 Å². The molecule has 0 radical (unpaired) electrons. The predicted octanol–water partition coefficient (Wildman–Crippen LogP) is 2.91. The summed E-state index contributed by atoms with van der Waals surface area (Å²) in [5.41, 5.74) is 7.90. The zero-order chi connectivity index (χ0) is 19.7. The Balaban J connectivity index is 1.47. The second-order valence-electron chi connectivity index (χ2n) is 7.94. The smallest absolute Gasteiger partial charge is 0.299 e. The Kier molecular flexibility index (Phi) is 5.44. The number of likely N-dealkylation sites (tertiary alicyclic amines) is 1. The highest BCUT2D eigenvalue weighted by Crippen LogP contribution is 2.35. The fraction of sp³-hybridized carbons (Fsp3) is 0.550. The molecule has 2 N–H and O–H groups in total. The van der Waals surface area contributed by atoms with Crippen LogP contribution in [0.2, 0.25) is 0 Å². The monoisotopic (exact) mass is 393 g/mol. The number of benzene rings is 1. The summed E-state index contributed by atoms with van der Waals surface area (Å²) < 4.78 is 41.2. The number of piperidine rings is 1. The van der Waals surface area contributed by atoms with E-state index in [2.05, 4.69) is 20.9 Å². The summed E-state index contributed by atoms with van der Waals surface area (Å²) in [4.78, 5) is 2.42. The van der Waals surface area contributed by atoms with Gasteiger partial charge in [-0.05, 0) is 36.9 Å². The van der Waals surface area contributed by atoms with Crippen molar-refractivity contribution < 1.29 is 13.2 Å². The van der Waals surface area contributed by atoms with Crippen molar-refractivity contribution in [2.24, 2.45) is 13.0 Å². The van der Waals surface area contributed by atoms with Crippen molar-refractivity contribution in [2.75, 3.05) is 19.6 Å². The molecule has 3 heterocycles. The topological polar surface area (TPSA) is 45.1 Å². The van der Waals surface area contributed by atoms with Crippen molar-refractivity contribution in [3.63, 3.8) is 0 Å². The highest BCUT2D eigenvalue weighted by atomic mass is 19.4. The Morgan fingerprint density at radius 3 is 2.89 bits per heavy atom. The Hall–Kier alpha value is -1.90. The molecular weight excluding hydrogens is 367 g/mol. The summed E-state index contributed by atoms with van der Waals surface area (Å²) in [6.45, 7) is 3.48. The van der Waals surface area contributed by atoms with Crippen LogP contribution in [0.15, 0.2) is 36.7 Å². The van der Waals surface area contributed by atoms with Crippen molar-refractivity contribution >= 4 is 0 Å². The molecule has 4 rings (SSSR count). The molecule has 3 atom stereocenters. The van der Waals surface area contributed by atoms with Crippen LogP contribution in [0.1, 0.15) is 35.4 Å². The molecule has 2 aliphatic heterocycles. The van der Waals surface area contributed by atoms with Crippen LogP contribution in [-0.2, 0) is 19.8 Å². The van der Waals surface area contributed by atoms with Crippen LogP contribution in [0.5, 0.6) is 0 Å². The zero-order valence-electron chi connectivity index (χ0n) is 15.9. The Bertz CT molecular complexity index is 803. The average Bonchev–Trinajstić information content (AvgIpc) is 3.30. The van der Waals surface area contributed by atoms with Gasteiger partial charge < -0.3 is 0 Å². The molecule has 0 saturated carbocycles. The third-order valence-electron chi connectivity index (χ3n) is 5.88. The SMILES string of the molecule is Cn1cc(CN2CCCC(C3NNCC3c3cccc(C(F)(F)F)c3)C2)cn1. The molecule has 2 aromatic rings. The van der Waals surface area contributed by atoms with Gasteiger partial charge in [-0.15, -0.1) is 0 Å². The first-order valence-corrected chi connectivity index (χ1v) is 9.75. The number of hydrazine groups is 1. The lowest BCUT2D eigenvalue weighted by Gasteiger charge is -2.37. The summed E-state index contributed by atoms with van der Waals surface area (Å²) in [6.07, 6.45) is 1.79. The van der Waals surface area contributed by atoms with Gasteiger partial charge in [0.1, 0.15) is 0 Å². The number of halogens is 3. The summed E-state index contributed by atoms with van der Waals surface area (Å²) in [5.74, 6) is 0.422. The van der Waals surface area contributed by atoms with Gasteiger partial charge in [-0.25, -0.2) is 0 Å². The van der Waals surface area contributed by atoms with Gasteiger partial charge in [0.15, 0.2) is 0 Å². The van der Waals surface area contributed by atoms with E-state index in [0.29, 0.717) is 12.5 Å². The summed E-state index contributed by atoms with van der Waals surface area (Å²) in [5, 5.41) is 4.23. The van der Waals surface area contributed by atoms with Crippen LogP contribution in [0.3, 0.4) is 0 Å². The van der Waals surface area contributed by atoms with Crippen molar-refractivity contribution in [3.8, 4) is 0 Å². The van der Waals surface area contributed by atoms with Crippen molar-refractivity contribution in [1.29, 1.82) is 0 Å². The van der Waals surface area contributed by atoms with E-state index in [1.807, 2.05) is 30.2 Å². The molecule has 2 fully saturated rings. The number of nitrogens with one attached hydrogen (secondary N) is 2. The van der Waals surface area contributed by atoms with E-state index in [-0.39, 0.29) is 12.0 Å². The summed E-state index contributed by atoms with van der Waals surface area (Å²) >= 11 is 0. The number of hydrogen-bond acceptors (Lipinski definition) is 4. The van der Waals surface area contributed by atoms with Crippen LogP contribution < -0.4 is 10.9 Å². The molecule has 0 spiro atoms. The quantitative estimate of drug-likeness (QED) is 0.839. The van der Waals surface area contributed by atoms with E-state index < -0.39 is 11.7 Å². The van der Waals surface area contributed by atoms with Crippen molar-refractivity contribution in [2.45, 2.75) is 37.5 Å². The van der Waals surface area contributed by atoms with Crippen molar-refractivity contribution in [1.82, 2.24) is 25.5 Å². The molecule has 0 bridgehead atoms. The standard InChI is InChI=1S/C20H26F3N5/c1-27-11-14(9-25-27)12-28-7-3-5-16(13-28)19-18(10-24-26-19)15-4-2-6-17(8-15)20(21,22)23/h2,4,6,8-9,11,16,18-19,24,26H,3,5,7,10,12-13H2,1H3. The lowest BCUT2D eigenvalue weighted by Crippen LogP contribution is -2.46. The molecule has 0 amide bonds. The number of aryl methyl sites for hydroxylation is 1. The summed E-state index contributed by atoms with van der Waals surface area (Å²) in [7, 11) is 1.91. The average molecular weight is 393 g/mol. The van der Waals surface area contributed by atoms with Gasteiger partial charge in [-0.1, -0.05) is 18.2 Å². The highest BCUT2D eigenvalue weighted by Gasteiger charge is 2.38. The molecule has 1 aromatic carbocycles. The van der Waals surface area contributed by atoms with Crippen molar-refractivity contribution in [3.05, 3.63) is 53.3 Å². The molecule has 8 heteroatoms. The molecule has 1 aromatic heterocycles. The molecule has 5 nitrogen and oxygen atoms in total. The lowest BCUT2D eigenvalue weighted by atomic mass is 9.80. The largest absolute Gasteiger partial charge is 0.416 e. The van der Waals surface area contributed by atoms with Gasteiger partial charge >= 0.3 is 6.18 Å². The number of aromatic nitrogens is 2.